The lowest BCUT2D eigenvalue weighted by Crippen LogP contribution is -2.41. The lowest BCUT2D eigenvalue weighted by atomic mass is 10.0. The van der Waals surface area contributed by atoms with E-state index in [1.807, 2.05) is 12.1 Å². The van der Waals surface area contributed by atoms with Crippen LogP contribution < -0.4 is 4.74 Å². The van der Waals surface area contributed by atoms with Gasteiger partial charge < -0.3 is 14.0 Å². The minimum absolute atomic E-state index is 0.0732. The van der Waals surface area contributed by atoms with Gasteiger partial charge in [-0.15, -0.1) is 0 Å². The van der Waals surface area contributed by atoms with E-state index in [0.29, 0.717) is 5.75 Å². The fourth-order valence-corrected chi connectivity index (χ4v) is 5.27. The third-order valence-corrected chi connectivity index (χ3v) is 6.97. The topological polar surface area (TPSA) is 53.4 Å². The van der Waals surface area contributed by atoms with Crippen LogP contribution in [0.15, 0.2) is 49.1 Å². The molecule has 1 aliphatic rings. The van der Waals surface area contributed by atoms with Gasteiger partial charge in [-0.25, -0.2) is 4.79 Å². The Kier molecular flexibility index (Phi) is 7.67. The van der Waals surface area contributed by atoms with Crippen LogP contribution in [0.1, 0.15) is 58.0 Å². The zero-order chi connectivity index (χ0) is 26.9. The minimum atomic E-state index is -4.57. The predicted octanol–water partition coefficient (Wildman–Crippen LogP) is 7.23. The number of esters is 1. The van der Waals surface area contributed by atoms with E-state index in [4.69, 9.17) is 14.5 Å². The number of alkyl halides is 3. The van der Waals surface area contributed by atoms with E-state index >= 15 is 0 Å². The molecule has 2 heterocycles. The fraction of sp³-hybridized carbons (Fsp3) is 0.448. The van der Waals surface area contributed by atoms with E-state index in [-0.39, 0.29) is 18.9 Å². The second-order valence-electron chi connectivity index (χ2n) is 9.70. The van der Waals surface area contributed by atoms with Crippen molar-refractivity contribution < 1.29 is 27.4 Å². The van der Waals surface area contributed by atoms with Gasteiger partial charge in [0, 0.05) is 40.5 Å². The van der Waals surface area contributed by atoms with E-state index < -0.39 is 30.3 Å². The van der Waals surface area contributed by atoms with Crippen molar-refractivity contribution in [2.75, 3.05) is 0 Å². The maximum absolute atomic E-state index is 14.0. The third-order valence-electron chi connectivity index (χ3n) is 6.97. The fourth-order valence-electron chi connectivity index (χ4n) is 5.27. The second-order valence-corrected chi connectivity index (χ2v) is 9.70. The molecule has 0 saturated heterocycles. The van der Waals surface area contributed by atoms with Gasteiger partial charge in [0.25, 0.3) is 0 Å². The normalized spacial score (nSPS) is 19.9. The molecular weight excluding hydrogens is 481 g/mol. The van der Waals surface area contributed by atoms with Crippen LogP contribution in [0.3, 0.4) is 0 Å². The Balaban J connectivity index is 1.71. The van der Waals surface area contributed by atoms with E-state index in [1.165, 1.54) is 0 Å². The molecule has 1 saturated carbocycles. The standard InChI is InChI=1S/C29H33F3N2O3/c1-6-19-10-12-21(22(7-2)33-19)24-15-18-9-11-20(16-23(18)34(24)17(4)5)36-25-13-14-26(37-27(35)8-3)28(25)29(30,31)32/h8-12,15-17,25-26,28H,3,6-7,13-14H2,1-2,4-5H3. The molecule has 3 aromatic rings. The van der Waals surface area contributed by atoms with E-state index in [1.54, 1.807) is 12.1 Å². The molecule has 0 radical (unpaired) electrons. The number of hydrogen-bond donors (Lipinski definition) is 0. The van der Waals surface area contributed by atoms with Gasteiger partial charge >= 0.3 is 12.1 Å². The zero-order valence-corrected chi connectivity index (χ0v) is 21.6. The highest BCUT2D eigenvalue weighted by Crippen LogP contribution is 2.43. The van der Waals surface area contributed by atoms with Gasteiger partial charge in [-0.05, 0) is 69.9 Å². The predicted molar refractivity (Wildman–Crippen MR) is 138 cm³/mol. The number of aromatic nitrogens is 2. The number of ether oxygens (including phenoxy) is 2. The summed E-state index contributed by atoms with van der Waals surface area (Å²) >= 11 is 0. The molecule has 37 heavy (non-hydrogen) atoms. The van der Waals surface area contributed by atoms with Gasteiger partial charge in [-0.1, -0.05) is 20.4 Å². The molecule has 0 aliphatic heterocycles. The number of carbonyl (C=O) groups is 1. The Morgan fingerprint density at radius 1 is 1.14 bits per heavy atom. The van der Waals surface area contributed by atoms with Crippen molar-refractivity contribution in [3.05, 3.63) is 60.4 Å². The van der Waals surface area contributed by atoms with Gasteiger partial charge in [0.2, 0.25) is 0 Å². The van der Waals surface area contributed by atoms with Crippen molar-refractivity contribution in [1.29, 1.82) is 0 Å². The minimum Gasteiger partial charge on any atom is -0.490 e. The van der Waals surface area contributed by atoms with Crippen molar-refractivity contribution >= 4 is 16.9 Å². The highest BCUT2D eigenvalue weighted by Gasteiger charge is 2.55. The molecule has 0 amide bonds. The SMILES string of the molecule is C=CC(=O)OC1CCC(Oc2ccc3cc(-c4ccc(CC)nc4CC)n(C(C)C)c3c2)C1C(F)(F)F. The molecule has 3 unspecified atom stereocenters. The average molecular weight is 515 g/mol. The van der Waals surface area contributed by atoms with Crippen molar-refractivity contribution in [3.63, 3.8) is 0 Å². The molecule has 8 heteroatoms. The molecule has 3 atom stereocenters. The average Bonchev–Trinajstić information content (AvgIpc) is 3.44. The van der Waals surface area contributed by atoms with Crippen LogP contribution in [0.2, 0.25) is 0 Å². The molecule has 0 spiro atoms. The van der Waals surface area contributed by atoms with E-state index in [0.717, 1.165) is 52.5 Å². The Hall–Kier alpha value is -3.29. The molecule has 1 aliphatic carbocycles. The van der Waals surface area contributed by atoms with Crippen LogP contribution in [-0.2, 0) is 22.4 Å². The van der Waals surface area contributed by atoms with Crippen LogP contribution in [-0.4, -0.2) is 33.9 Å². The molecule has 2 aromatic heterocycles. The molecule has 0 bridgehead atoms. The molecule has 1 aromatic carbocycles. The Bertz CT molecular complexity index is 1300. The molecule has 0 N–H and O–H groups in total. The van der Waals surface area contributed by atoms with Crippen molar-refractivity contribution in [3.8, 4) is 17.0 Å². The van der Waals surface area contributed by atoms with Crippen molar-refractivity contribution in [1.82, 2.24) is 9.55 Å². The Morgan fingerprint density at radius 3 is 2.49 bits per heavy atom. The summed E-state index contributed by atoms with van der Waals surface area (Å²) in [7, 11) is 0. The molecule has 198 valence electrons. The smallest absolute Gasteiger partial charge is 0.398 e. The number of benzene rings is 1. The lowest BCUT2D eigenvalue weighted by Gasteiger charge is -2.27. The van der Waals surface area contributed by atoms with Gasteiger partial charge in [0.05, 0.1) is 11.2 Å². The first-order chi connectivity index (χ1) is 17.6. The summed E-state index contributed by atoms with van der Waals surface area (Å²) in [6, 6.07) is 11.7. The molecular formula is C29H33F3N2O3. The highest BCUT2D eigenvalue weighted by atomic mass is 19.4. The summed E-state index contributed by atoms with van der Waals surface area (Å²) in [5, 5.41) is 0.967. The van der Waals surface area contributed by atoms with Gasteiger partial charge in [-0.3, -0.25) is 4.98 Å². The number of hydrogen-bond acceptors (Lipinski definition) is 4. The number of carbonyl (C=O) groups excluding carboxylic acids is 1. The van der Waals surface area contributed by atoms with Crippen molar-refractivity contribution in [2.24, 2.45) is 5.92 Å². The number of nitrogens with zero attached hydrogens (tertiary/aromatic N) is 2. The maximum atomic E-state index is 14.0. The van der Waals surface area contributed by atoms with Crippen LogP contribution in [0, 0.1) is 5.92 Å². The Labute approximate surface area is 215 Å². The summed E-state index contributed by atoms with van der Waals surface area (Å²) in [6.45, 7) is 11.6. The quantitative estimate of drug-likeness (QED) is 0.235. The van der Waals surface area contributed by atoms with E-state index in [9.17, 15) is 18.0 Å². The van der Waals surface area contributed by atoms with Crippen LogP contribution in [0.25, 0.3) is 22.2 Å². The zero-order valence-electron chi connectivity index (χ0n) is 21.6. The number of aryl methyl sites for hydroxylation is 2. The molecule has 5 nitrogen and oxygen atoms in total. The summed E-state index contributed by atoms with van der Waals surface area (Å²) < 4.78 is 55.0. The van der Waals surface area contributed by atoms with Crippen LogP contribution >= 0.6 is 0 Å². The summed E-state index contributed by atoms with van der Waals surface area (Å²) in [4.78, 5) is 16.4. The Morgan fingerprint density at radius 2 is 1.86 bits per heavy atom. The summed E-state index contributed by atoms with van der Waals surface area (Å²) in [5.74, 6) is -2.42. The molecule has 4 rings (SSSR count). The monoisotopic (exact) mass is 514 g/mol. The first kappa shape index (κ1) is 26.8. The second kappa shape index (κ2) is 10.6. The van der Waals surface area contributed by atoms with E-state index in [2.05, 4.69) is 51.0 Å². The largest absolute Gasteiger partial charge is 0.490 e. The third kappa shape index (κ3) is 5.38. The highest BCUT2D eigenvalue weighted by molar-refractivity contribution is 5.88. The first-order valence-corrected chi connectivity index (χ1v) is 12.8. The lowest BCUT2D eigenvalue weighted by molar-refractivity contribution is -0.214. The van der Waals surface area contributed by atoms with Crippen molar-refractivity contribution in [2.45, 2.75) is 77.8 Å². The summed E-state index contributed by atoms with van der Waals surface area (Å²) in [6.07, 6.45) is -4.30. The number of rotatable bonds is 8. The number of fused-ring (bicyclic) bond motifs is 1. The molecule has 1 fully saturated rings. The van der Waals surface area contributed by atoms with Gasteiger partial charge in [0.15, 0.2) is 0 Å². The van der Waals surface area contributed by atoms with Crippen LogP contribution in [0.5, 0.6) is 5.75 Å². The van der Waals surface area contributed by atoms with Crippen LogP contribution in [0.4, 0.5) is 13.2 Å². The maximum Gasteiger partial charge on any atom is 0.398 e. The van der Waals surface area contributed by atoms with Gasteiger partial charge in [0.1, 0.15) is 23.9 Å². The number of pyridine rings is 1. The summed E-state index contributed by atoms with van der Waals surface area (Å²) in [5.41, 5.74) is 4.99. The first-order valence-electron chi connectivity index (χ1n) is 12.8. The number of halogens is 3. The van der Waals surface area contributed by atoms with Gasteiger partial charge in [-0.2, -0.15) is 13.2 Å².